The average Bonchev–Trinajstić information content (AvgIpc) is 2.02. The summed E-state index contributed by atoms with van der Waals surface area (Å²) in [4.78, 5) is 21.1. The Balaban J connectivity index is 5.50. The predicted octanol–water partition coefficient (Wildman–Crippen LogP) is -1.34. The minimum absolute atomic E-state index is 1.73. The first kappa shape index (κ1) is 3.34. The predicted molar refractivity (Wildman–Crippen MR) is 34.0 cm³/mol. The zero-order valence-corrected chi connectivity index (χ0v) is 4.92. The number of carbonyl (C=O) groups is 2. The summed E-state index contributed by atoms with van der Waals surface area (Å²) in [7, 11) is 0. The molecule has 5 heteroatoms. The van der Waals surface area contributed by atoms with Crippen molar-refractivity contribution in [2.45, 2.75) is 18.8 Å². The van der Waals surface area contributed by atoms with Crippen molar-refractivity contribution in [3.63, 3.8) is 0 Å². The molecule has 0 aromatic rings. The number of carboxylic acid groups (broad SMARTS) is 1. The first-order valence-corrected chi connectivity index (χ1v) is 2.21. The molecule has 5 nitrogen and oxygen atoms in total. The monoisotopic (exact) mass is 151 g/mol. The van der Waals surface area contributed by atoms with Gasteiger partial charge in [-0.15, -0.1) is 0 Å². The van der Waals surface area contributed by atoms with Crippen LogP contribution < -0.4 is 11.5 Å². The van der Waals surface area contributed by atoms with E-state index in [4.69, 9.17) is 17.7 Å². The van der Waals surface area contributed by atoms with Gasteiger partial charge in [0.1, 0.15) is 6.02 Å². The van der Waals surface area contributed by atoms with Gasteiger partial charge in [-0.1, -0.05) is 0 Å². The molecular formula is C5H10N2O3. The Kier molecular flexibility index (Phi) is 1.28. The standard InChI is InChI=1S/C5H10N2O3/c6-3(5(9)10)1-2-4(7)8/h3H,1-2,6H2,(H2,7,8)(H,9,10)/i1D2,2D2,3D. The van der Waals surface area contributed by atoms with Crippen molar-refractivity contribution >= 4 is 11.9 Å². The maximum absolute atomic E-state index is 10.6. The molecule has 1 amide bonds. The fraction of sp³-hybridized carbons (Fsp3) is 0.600. The van der Waals surface area contributed by atoms with E-state index in [1.54, 1.807) is 0 Å². The van der Waals surface area contributed by atoms with Gasteiger partial charge in [-0.2, -0.15) is 0 Å². The summed E-state index contributed by atoms with van der Waals surface area (Å²) in [6, 6.07) is -3.31. The Bertz CT molecular complexity index is 275. The molecule has 1 atom stereocenters. The van der Waals surface area contributed by atoms with E-state index in [1.807, 2.05) is 0 Å². The molecule has 0 radical (unpaired) electrons. The zero-order chi connectivity index (χ0) is 12.7. The van der Waals surface area contributed by atoms with Gasteiger partial charge in [0, 0.05) is 11.9 Å². The van der Waals surface area contributed by atoms with E-state index in [0.29, 0.717) is 0 Å². The molecule has 0 heterocycles. The van der Waals surface area contributed by atoms with Crippen LogP contribution in [0.1, 0.15) is 19.6 Å². The molecule has 0 aromatic heterocycles. The summed E-state index contributed by atoms with van der Waals surface area (Å²) in [5, 5.41) is 8.45. The average molecular weight is 151 g/mol. The van der Waals surface area contributed by atoms with Crippen molar-refractivity contribution < 1.29 is 21.5 Å². The number of primary amides is 1. The molecule has 0 saturated carbocycles. The van der Waals surface area contributed by atoms with E-state index >= 15 is 0 Å². The minimum Gasteiger partial charge on any atom is -0.480 e. The maximum atomic E-state index is 10.6. The van der Waals surface area contributed by atoms with Gasteiger partial charge in [0.05, 0.1) is 1.37 Å². The molecule has 58 valence electrons. The lowest BCUT2D eigenvalue weighted by molar-refractivity contribution is -0.138. The van der Waals surface area contributed by atoms with Crippen molar-refractivity contribution in [1.82, 2.24) is 0 Å². The SMILES string of the molecule is [2H]C([2H])(C(N)=O)C([2H])([2H])C([2H])(N)C(=O)O. The van der Waals surface area contributed by atoms with Crippen LogP contribution in [0.15, 0.2) is 0 Å². The number of amides is 1. The van der Waals surface area contributed by atoms with Gasteiger partial charge in [0.15, 0.2) is 0 Å². The van der Waals surface area contributed by atoms with Gasteiger partial charge in [-0.25, -0.2) is 0 Å². The van der Waals surface area contributed by atoms with E-state index in [9.17, 15) is 9.59 Å². The topological polar surface area (TPSA) is 106 Å². The molecule has 10 heavy (non-hydrogen) atoms. The largest absolute Gasteiger partial charge is 0.480 e. The molecule has 0 spiro atoms. The van der Waals surface area contributed by atoms with E-state index in [1.165, 1.54) is 0 Å². The normalized spacial score (nSPS) is 25.9. The van der Waals surface area contributed by atoms with E-state index in [0.717, 1.165) is 0 Å². The third-order valence-electron chi connectivity index (χ3n) is 0.551. The first-order valence-electron chi connectivity index (χ1n) is 4.71. The summed E-state index contributed by atoms with van der Waals surface area (Å²) < 4.78 is 35.1. The Morgan fingerprint density at radius 2 is 2.30 bits per heavy atom. The number of hydrogen-bond acceptors (Lipinski definition) is 3. The highest BCUT2D eigenvalue weighted by molar-refractivity contribution is 5.76. The molecule has 0 aliphatic rings. The van der Waals surface area contributed by atoms with Gasteiger partial charge >= 0.3 is 5.97 Å². The maximum Gasteiger partial charge on any atom is 0.320 e. The summed E-state index contributed by atoms with van der Waals surface area (Å²) in [6.07, 6.45) is -6.82. The minimum atomic E-state index is -3.46. The quantitative estimate of drug-likeness (QED) is 0.462. The molecule has 0 bridgehead atoms. The Labute approximate surface area is 65.0 Å². The third kappa shape index (κ3) is 3.85. The number of carbonyl (C=O) groups excluding carboxylic acids is 1. The number of hydrogen-bond donors (Lipinski definition) is 3. The number of nitrogens with two attached hydrogens (primary N) is 2. The van der Waals surface area contributed by atoms with Crippen LogP contribution in [0.5, 0.6) is 0 Å². The van der Waals surface area contributed by atoms with E-state index in [-0.39, 0.29) is 0 Å². The lowest BCUT2D eigenvalue weighted by Crippen LogP contribution is -2.31. The summed E-state index contributed by atoms with van der Waals surface area (Å²) in [5.41, 5.74) is 9.37. The molecule has 0 fully saturated rings. The highest BCUT2D eigenvalue weighted by Crippen LogP contribution is 1.92. The molecule has 1 unspecified atom stereocenters. The van der Waals surface area contributed by atoms with Crippen molar-refractivity contribution in [2.24, 2.45) is 11.5 Å². The van der Waals surface area contributed by atoms with Crippen LogP contribution in [0.3, 0.4) is 0 Å². The molecule has 5 N–H and O–H groups in total. The highest BCUT2D eigenvalue weighted by Gasteiger charge is 2.11. The zero-order valence-electron chi connectivity index (χ0n) is 9.92. The Hall–Kier alpha value is -1.10. The summed E-state index contributed by atoms with van der Waals surface area (Å²) in [5.74, 6) is -3.83. The molecule has 0 rings (SSSR count). The van der Waals surface area contributed by atoms with Gasteiger partial charge < -0.3 is 16.6 Å². The van der Waals surface area contributed by atoms with E-state index in [2.05, 4.69) is 5.73 Å². The lowest BCUT2D eigenvalue weighted by Gasteiger charge is -2.01. The van der Waals surface area contributed by atoms with Crippen LogP contribution in [0.4, 0.5) is 0 Å². The van der Waals surface area contributed by atoms with Crippen molar-refractivity contribution in [2.75, 3.05) is 0 Å². The number of aliphatic carboxylic acids is 1. The van der Waals surface area contributed by atoms with Crippen LogP contribution in [0, 0.1) is 0 Å². The third-order valence-corrected chi connectivity index (χ3v) is 0.551. The van der Waals surface area contributed by atoms with Crippen molar-refractivity contribution in [3.05, 3.63) is 0 Å². The number of carboxylic acids is 1. The summed E-state index contributed by atoms with van der Waals surface area (Å²) >= 11 is 0. The molecular weight excluding hydrogens is 136 g/mol. The summed E-state index contributed by atoms with van der Waals surface area (Å²) in [6.45, 7) is 0. The van der Waals surface area contributed by atoms with E-state index < -0.39 is 30.6 Å². The van der Waals surface area contributed by atoms with Crippen LogP contribution in [-0.4, -0.2) is 23.0 Å². The van der Waals surface area contributed by atoms with Crippen LogP contribution in [0.2, 0.25) is 0 Å². The first-order chi connectivity index (χ1) is 6.39. The molecule has 0 aliphatic carbocycles. The fourth-order valence-corrected chi connectivity index (χ4v) is 0.182. The van der Waals surface area contributed by atoms with Crippen LogP contribution in [0.25, 0.3) is 0 Å². The van der Waals surface area contributed by atoms with Crippen LogP contribution in [-0.2, 0) is 9.59 Å². The molecule has 0 aromatic carbocycles. The lowest BCUT2D eigenvalue weighted by atomic mass is 10.2. The second-order valence-electron chi connectivity index (χ2n) is 1.33. The van der Waals surface area contributed by atoms with Crippen molar-refractivity contribution in [3.8, 4) is 0 Å². The second kappa shape index (κ2) is 3.84. The van der Waals surface area contributed by atoms with Gasteiger partial charge in [0.25, 0.3) is 0 Å². The smallest absolute Gasteiger partial charge is 0.320 e. The molecule has 0 aliphatic heterocycles. The van der Waals surface area contributed by atoms with Crippen LogP contribution >= 0.6 is 0 Å². The second-order valence-corrected chi connectivity index (χ2v) is 1.33. The fourth-order valence-electron chi connectivity index (χ4n) is 0.182. The van der Waals surface area contributed by atoms with Gasteiger partial charge in [0.2, 0.25) is 5.91 Å². The Morgan fingerprint density at radius 1 is 1.80 bits per heavy atom. The van der Waals surface area contributed by atoms with Gasteiger partial charge in [-0.3, -0.25) is 9.59 Å². The Morgan fingerprint density at radius 3 is 2.60 bits per heavy atom. The highest BCUT2D eigenvalue weighted by atomic mass is 16.4. The number of rotatable bonds is 4. The van der Waals surface area contributed by atoms with Gasteiger partial charge in [-0.05, 0) is 6.37 Å². The molecule has 0 saturated heterocycles. The van der Waals surface area contributed by atoms with Crippen molar-refractivity contribution in [1.29, 1.82) is 0 Å².